The van der Waals surface area contributed by atoms with Crippen LogP contribution < -0.4 is 0 Å². The lowest BCUT2D eigenvalue weighted by molar-refractivity contribution is 0.252. The molecule has 1 aliphatic rings. The molecular weight excluding hydrogens is 184 g/mol. The van der Waals surface area contributed by atoms with Gasteiger partial charge in [0.05, 0.1) is 0 Å². The average Bonchev–Trinajstić information content (AvgIpc) is 2.88. The highest BCUT2D eigenvalue weighted by molar-refractivity contribution is 5.50. The van der Waals surface area contributed by atoms with E-state index in [1.807, 2.05) is 6.07 Å². The number of benzene rings is 1. The molecule has 2 atom stereocenters. The maximum absolute atomic E-state index is 8.92. The van der Waals surface area contributed by atoms with E-state index < -0.39 is 0 Å². The SMILES string of the molecule is C[C@@]1(CCO)C[C@H]1/C=C/c1ccccc1. The molecule has 2 rings (SSSR count). The van der Waals surface area contributed by atoms with E-state index in [0.717, 1.165) is 6.42 Å². The fourth-order valence-corrected chi connectivity index (χ4v) is 2.08. The van der Waals surface area contributed by atoms with E-state index in [4.69, 9.17) is 5.11 Å². The average molecular weight is 202 g/mol. The second-order valence-corrected chi connectivity index (χ2v) is 4.71. The first-order valence-corrected chi connectivity index (χ1v) is 5.59. The second kappa shape index (κ2) is 4.19. The zero-order chi connectivity index (χ0) is 10.7. The number of aliphatic hydroxyl groups excluding tert-OH is 1. The summed E-state index contributed by atoms with van der Waals surface area (Å²) in [5.74, 6) is 0.657. The van der Waals surface area contributed by atoms with Gasteiger partial charge in [-0.15, -0.1) is 0 Å². The van der Waals surface area contributed by atoms with E-state index in [9.17, 15) is 0 Å². The quantitative estimate of drug-likeness (QED) is 0.795. The van der Waals surface area contributed by atoms with Crippen molar-refractivity contribution in [3.63, 3.8) is 0 Å². The van der Waals surface area contributed by atoms with Gasteiger partial charge in [0.15, 0.2) is 0 Å². The van der Waals surface area contributed by atoms with E-state index in [2.05, 4.69) is 43.3 Å². The van der Waals surface area contributed by atoms with Crippen molar-refractivity contribution < 1.29 is 5.11 Å². The minimum absolute atomic E-state index is 0.312. The fourth-order valence-electron chi connectivity index (χ4n) is 2.08. The summed E-state index contributed by atoms with van der Waals surface area (Å²) >= 11 is 0. The van der Waals surface area contributed by atoms with Crippen LogP contribution in [0.2, 0.25) is 0 Å². The summed E-state index contributed by atoms with van der Waals surface area (Å²) in [7, 11) is 0. The van der Waals surface area contributed by atoms with Crippen molar-refractivity contribution in [3.05, 3.63) is 42.0 Å². The Bertz CT molecular complexity index is 342. The van der Waals surface area contributed by atoms with Gasteiger partial charge in [-0.1, -0.05) is 49.4 Å². The molecule has 1 aromatic carbocycles. The van der Waals surface area contributed by atoms with Crippen LogP contribution in [0.3, 0.4) is 0 Å². The molecule has 1 heteroatoms. The Morgan fingerprint density at radius 3 is 2.80 bits per heavy atom. The summed E-state index contributed by atoms with van der Waals surface area (Å²) in [6.45, 7) is 2.56. The van der Waals surface area contributed by atoms with Crippen molar-refractivity contribution in [2.45, 2.75) is 19.8 Å². The van der Waals surface area contributed by atoms with Crippen LogP contribution in [0.5, 0.6) is 0 Å². The molecule has 1 nitrogen and oxygen atoms in total. The van der Waals surface area contributed by atoms with Gasteiger partial charge in [0.2, 0.25) is 0 Å². The Morgan fingerprint density at radius 2 is 2.13 bits per heavy atom. The zero-order valence-corrected chi connectivity index (χ0v) is 9.19. The summed E-state index contributed by atoms with van der Waals surface area (Å²) in [6.07, 6.45) is 6.62. The molecule has 0 amide bonds. The molecule has 1 N–H and O–H groups in total. The Balaban J connectivity index is 1.92. The summed E-state index contributed by atoms with van der Waals surface area (Å²) in [5.41, 5.74) is 1.62. The molecule has 0 unspecified atom stereocenters. The van der Waals surface area contributed by atoms with Crippen molar-refractivity contribution in [2.75, 3.05) is 6.61 Å². The summed E-state index contributed by atoms with van der Waals surface area (Å²) in [6, 6.07) is 10.4. The monoisotopic (exact) mass is 202 g/mol. The van der Waals surface area contributed by atoms with Crippen LogP contribution in [0.4, 0.5) is 0 Å². The molecule has 80 valence electrons. The maximum atomic E-state index is 8.92. The van der Waals surface area contributed by atoms with E-state index in [0.29, 0.717) is 17.9 Å². The first-order valence-electron chi connectivity index (χ1n) is 5.59. The minimum Gasteiger partial charge on any atom is -0.396 e. The van der Waals surface area contributed by atoms with Crippen LogP contribution in [-0.4, -0.2) is 11.7 Å². The molecule has 0 spiro atoms. The van der Waals surface area contributed by atoms with Crippen LogP contribution in [0.15, 0.2) is 36.4 Å². The Kier molecular flexibility index (Phi) is 2.92. The van der Waals surface area contributed by atoms with Crippen LogP contribution in [0.1, 0.15) is 25.3 Å². The fraction of sp³-hybridized carbons (Fsp3) is 0.429. The van der Waals surface area contributed by atoms with E-state index in [1.165, 1.54) is 12.0 Å². The third kappa shape index (κ3) is 2.48. The Hall–Kier alpha value is -1.08. The van der Waals surface area contributed by atoms with E-state index in [1.54, 1.807) is 0 Å². The topological polar surface area (TPSA) is 20.2 Å². The van der Waals surface area contributed by atoms with Crippen molar-refractivity contribution in [2.24, 2.45) is 11.3 Å². The van der Waals surface area contributed by atoms with Gasteiger partial charge in [0.1, 0.15) is 0 Å². The number of hydrogen-bond acceptors (Lipinski definition) is 1. The smallest absolute Gasteiger partial charge is 0.0436 e. The van der Waals surface area contributed by atoms with Crippen molar-refractivity contribution in [1.29, 1.82) is 0 Å². The first kappa shape index (κ1) is 10.4. The second-order valence-electron chi connectivity index (χ2n) is 4.71. The van der Waals surface area contributed by atoms with Crippen LogP contribution in [0, 0.1) is 11.3 Å². The lowest BCUT2D eigenvalue weighted by Gasteiger charge is -2.05. The molecule has 0 aromatic heterocycles. The molecule has 1 fully saturated rings. The van der Waals surface area contributed by atoms with Gasteiger partial charge >= 0.3 is 0 Å². The normalized spacial score (nSPS) is 29.6. The minimum atomic E-state index is 0.312. The van der Waals surface area contributed by atoms with Crippen molar-refractivity contribution in [1.82, 2.24) is 0 Å². The molecule has 1 aliphatic carbocycles. The van der Waals surface area contributed by atoms with Crippen LogP contribution >= 0.6 is 0 Å². The highest BCUT2D eigenvalue weighted by atomic mass is 16.3. The van der Waals surface area contributed by atoms with Gasteiger partial charge in [-0.2, -0.15) is 0 Å². The predicted molar refractivity (Wildman–Crippen MR) is 63.4 cm³/mol. The van der Waals surface area contributed by atoms with Gasteiger partial charge < -0.3 is 5.11 Å². The van der Waals surface area contributed by atoms with Gasteiger partial charge in [0.25, 0.3) is 0 Å². The number of allylic oxidation sites excluding steroid dienone is 1. The maximum Gasteiger partial charge on any atom is 0.0436 e. The predicted octanol–water partition coefficient (Wildman–Crippen LogP) is 3.11. The molecule has 0 saturated heterocycles. The van der Waals surface area contributed by atoms with E-state index >= 15 is 0 Å². The number of hydrogen-bond donors (Lipinski definition) is 1. The van der Waals surface area contributed by atoms with Crippen molar-refractivity contribution >= 4 is 6.08 Å². The Morgan fingerprint density at radius 1 is 1.40 bits per heavy atom. The van der Waals surface area contributed by atoms with Crippen LogP contribution in [-0.2, 0) is 0 Å². The number of aliphatic hydroxyl groups is 1. The lowest BCUT2D eigenvalue weighted by Crippen LogP contribution is -1.99. The highest BCUT2D eigenvalue weighted by Gasteiger charge is 2.47. The molecular formula is C14H18O. The molecule has 0 heterocycles. The molecule has 15 heavy (non-hydrogen) atoms. The molecule has 0 aliphatic heterocycles. The lowest BCUT2D eigenvalue weighted by atomic mass is 10.0. The zero-order valence-electron chi connectivity index (χ0n) is 9.19. The molecule has 0 bridgehead atoms. The first-order chi connectivity index (χ1) is 7.24. The third-order valence-electron chi connectivity index (χ3n) is 3.42. The van der Waals surface area contributed by atoms with Gasteiger partial charge in [-0.3, -0.25) is 0 Å². The largest absolute Gasteiger partial charge is 0.396 e. The van der Waals surface area contributed by atoms with Gasteiger partial charge in [-0.25, -0.2) is 0 Å². The molecule has 1 saturated carbocycles. The summed E-state index contributed by atoms with van der Waals surface area (Å²) in [5, 5.41) is 8.92. The third-order valence-corrected chi connectivity index (χ3v) is 3.42. The number of rotatable bonds is 4. The molecule has 0 radical (unpaired) electrons. The van der Waals surface area contributed by atoms with Gasteiger partial charge in [-0.05, 0) is 29.7 Å². The highest BCUT2D eigenvalue weighted by Crippen LogP contribution is 2.55. The summed E-state index contributed by atoms with van der Waals surface area (Å²) in [4.78, 5) is 0. The Labute approximate surface area is 91.4 Å². The van der Waals surface area contributed by atoms with Crippen molar-refractivity contribution in [3.8, 4) is 0 Å². The summed E-state index contributed by atoms with van der Waals surface area (Å²) < 4.78 is 0. The van der Waals surface area contributed by atoms with Gasteiger partial charge in [0, 0.05) is 6.61 Å². The van der Waals surface area contributed by atoms with Crippen LogP contribution in [0.25, 0.3) is 6.08 Å². The van der Waals surface area contributed by atoms with E-state index in [-0.39, 0.29) is 0 Å². The standard InChI is InChI=1S/C14H18O/c1-14(9-10-15)11-13(14)8-7-12-5-3-2-4-6-12/h2-8,13,15H,9-11H2,1H3/b8-7+/t13-,14-/m1/s1. The molecule has 1 aromatic rings.